The van der Waals surface area contributed by atoms with E-state index in [0.717, 1.165) is 25.1 Å². The van der Waals surface area contributed by atoms with Crippen LogP contribution in [0, 0.1) is 0 Å². The summed E-state index contributed by atoms with van der Waals surface area (Å²) < 4.78 is 1.93. The number of nitrogens with zero attached hydrogens (tertiary/aromatic N) is 3. The van der Waals surface area contributed by atoms with Crippen LogP contribution in [0.1, 0.15) is 57.3 Å². The third-order valence-corrected chi connectivity index (χ3v) is 2.94. The first kappa shape index (κ1) is 10.3. The lowest BCUT2D eigenvalue weighted by molar-refractivity contribution is -0.120. The Kier molecular flexibility index (Phi) is 2.84. The minimum Gasteiger partial charge on any atom is -0.300 e. The second-order valence-electron chi connectivity index (χ2n) is 4.49. The molecular weight excluding hydrogens is 190 g/mol. The SMILES string of the molecule is CC(C)n1ncnc1C1CCCC(=O)C1. The van der Waals surface area contributed by atoms with E-state index in [1.54, 1.807) is 6.33 Å². The molecule has 1 aliphatic carbocycles. The number of carbonyl (C=O) groups excluding carboxylic acids is 1. The maximum atomic E-state index is 11.4. The van der Waals surface area contributed by atoms with Gasteiger partial charge in [0, 0.05) is 24.8 Å². The van der Waals surface area contributed by atoms with Gasteiger partial charge in [-0.2, -0.15) is 5.10 Å². The minimum absolute atomic E-state index is 0.288. The van der Waals surface area contributed by atoms with Crippen LogP contribution in [-0.4, -0.2) is 20.5 Å². The van der Waals surface area contributed by atoms with Gasteiger partial charge < -0.3 is 0 Å². The van der Waals surface area contributed by atoms with Crippen LogP contribution < -0.4 is 0 Å². The Morgan fingerprint density at radius 1 is 1.53 bits per heavy atom. The van der Waals surface area contributed by atoms with Crippen LogP contribution in [0.3, 0.4) is 0 Å². The fourth-order valence-corrected chi connectivity index (χ4v) is 2.19. The van der Waals surface area contributed by atoms with Crippen molar-refractivity contribution < 1.29 is 4.79 Å². The van der Waals surface area contributed by atoms with Gasteiger partial charge in [0.1, 0.15) is 17.9 Å². The van der Waals surface area contributed by atoms with Crippen LogP contribution in [0.15, 0.2) is 6.33 Å². The maximum Gasteiger partial charge on any atom is 0.138 e. The van der Waals surface area contributed by atoms with E-state index in [0.29, 0.717) is 18.2 Å². The van der Waals surface area contributed by atoms with Gasteiger partial charge in [-0.25, -0.2) is 9.67 Å². The highest BCUT2D eigenvalue weighted by atomic mass is 16.1. The predicted molar refractivity (Wildman–Crippen MR) is 56.6 cm³/mol. The molecule has 1 atom stereocenters. The highest BCUT2D eigenvalue weighted by Crippen LogP contribution is 2.30. The summed E-state index contributed by atoms with van der Waals surface area (Å²) in [5.74, 6) is 1.64. The van der Waals surface area contributed by atoms with Gasteiger partial charge in [-0.1, -0.05) is 0 Å². The molecule has 1 aromatic heterocycles. The Morgan fingerprint density at radius 3 is 3.00 bits per heavy atom. The number of Topliss-reactive ketones (excluding diaryl/α,β-unsaturated/α-hetero) is 1. The van der Waals surface area contributed by atoms with E-state index in [4.69, 9.17) is 0 Å². The average Bonchev–Trinajstić information content (AvgIpc) is 2.65. The molecular formula is C11H17N3O. The molecule has 1 aromatic rings. The molecule has 0 spiro atoms. The molecule has 0 radical (unpaired) electrons. The number of hydrogen-bond donors (Lipinski definition) is 0. The Balaban J connectivity index is 2.20. The summed E-state index contributed by atoms with van der Waals surface area (Å²) in [7, 11) is 0. The van der Waals surface area contributed by atoms with Crippen molar-refractivity contribution in [3.8, 4) is 0 Å². The van der Waals surface area contributed by atoms with Crippen molar-refractivity contribution in [1.29, 1.82) is 0 Å². The molecule has 1 fully saturated rings. The number of hydrogen-bond acceptors (Lipinski definition) is 3. The molecule has 15 heavy (non-hydrogen) atoms. The fraction of sp³-hybridized carbons (Fsp3) is 0.727. The second kappa shape index (κ2) is 4.13. The van der Waals surface area contributed by atoms with E-state index in [-0.39, 0.29) is 5.92 Å². The van der Waals surface area contributed by atoms with Crippen molar-refractivity contribution >= 4 is 5.78 Å². The number of carbonyl (C=O) groups is 1. The molecule has 1 heterocycles. The molecule has 0 bridgehead atoms. The zero-order valence-corrected chi connectivity index (χ0v) is 9.31. The number of aromatic nitrogens is 3. The van der Waals surface area contributed by atoms with Gasteiger partial charge in [-0.05, 0) is 26.7 Å². The standard InChI is InChI=1S/C11H17N3O/c1-8(2)14-11(12-7-13-14)9-4-3-5-10(15)6-9/h7-9H,3-6H2,1-2H3. The third kappa shape index (κ3) is 2.08. The van der Waals surface area contributed by atoms with Gasteiger partial charge in [0.25, 0.3) is 0 Å². The van der Waals surface area contributed by atoms with Crippen molar-refractivity contribution in [2.75, 3.05) is 0 Å². The van der Waals surface area contributed by atoms with Gasteiger partial charge in [-0.3, -0.25) is 4.79 Å². The van der Waals surface area contributed by atoms with Crippen LogP contribution in [0.25, 0.3) is 0 Å². The summed E-state index contributed by atoms with van der Waals surface area (Å²) in [6.45, 7) is 4.17. The normalized spacial score (nSPS) is 22.3. The maximum absolute atomic E-state index is 11.4. The summed E-state index contributed by atoms with van der Waals surface area (Å²) in [6.07, 6.45) is 5.04. The van der Waals surface area contributed by atoms with Crippen molar-refractivity contribution in [3.63, 3.8) is 0 Å². The Hall–Kier alpha value is -1.19. The minimum atomic E-state index is 0.288. The second-order valence-corrected chi connectivity index (χ2v) is 4.49. The van der Waals surface area contributed by atoms with E-state index >= 15 is 0 Å². The monoisotopic (exact) mass is 207 g/mol. The van der Waals surface area contributed by atoms with Crippen LogP contribution >= 0.6 is 0 Å². The first-order valence-electron chi connectivity index (χ1n) is 5.59. The third-order valence-electron chi connectivity index (χ3n) is 2.94. The van der Waals surface area contributed by atoms with Crippen molar-refractivity contribution in [3.05, 3.63) is 12.2 Å². The van der Waals surface area contributed by atoms with Crippen molar-refractivity contribution in [1.82, 2.24) is 14.8 Å². The summed E-state index contributed by atoms with van der Waals surface area (Å²) in [5.41, 5.74) is 0. The lowest BCUT2D eigenvalue weighted by atomic mass is 9.87. The first-order valence-corrected chi connectivity index (χ1v) is 5.59. The highest BCUT2D eigenvalue weighted by Gasteiger charge is 2.25. The van der Waals surface area contributed by atoms with Crippen molar-refractivity contribution in [2.45, 2.75) is 51.5 Å². The molecule has 4 heteroatoms. The van der Waals surface area contributed by atoms with Crippen LogP contribution in [0.4, 0.5) is 0 Å². The van der Waals surface area contributed by atoms with Crippen LogP contribution in [0.2, 0.25) is 0 Å². The van der Waals surface area contributed by atoms with Crippen LogP contribution in [-0.2, 0) is 4.79 Å². The Labute approximate surface area is 89.7 Å². The molecule has 4 nitrogen and oxygen atoms in total. The van der Waals surface area contributed by atoms with Crippen molar-refractivity contribution in [2.24, 2.45) is 0 Å². The first-order chi connectivity index (χ1) is 7.18. The topological polar surface area (TPSA) is 47.8 Å². The highest BCUT2D eigenvalue weighted by molar-refractivity contribution is 5.79. The summed E-state index contributed by atoms with van der Waals surface area (Å²) in [5, 5.41) is 4.21. The molecule has 0 aromatic carbocycles. The van der Waals surface area contributed by atoms with E-state index < -0.39 is 0 Å². The van der Waals surface area contributed by atoms with Gasteiger partial charge in [0.15, 0.2) is 0 Å². The van der Waals surface area contributed by atoms with Gasteiger partial charge >= 0.3 is 0 Å². The largest absolute Gasteiger partial charge is 0.300 e. The molecule has 1 saturated carbocycles. The lowest BCUT2D eigenvalue weighted by Gasteiger charge is -2.21. The molecule has 0 N–H and O–H groups in total. The lowest BCUT2D eigenvalue weighted by Crippen LogP contribution is -2.19. The summed E-state index contributed by atoms with van der Waals surface area (Å²) in [4.78, 5) is 15.7. The zero-order valence-electron chi connectivity index (χ0n) is 9.31. The zero-order chi connectivity index (χ0) is 10.8. The Bertz CT molecular complexity index is 356. The Morgan fingerprint density at radius 2 is 2.33 bits per heavy atom. The quantitative estimate of drug-likeness (QED) is 0.746. The molecule has 1 unspecified atom stereocenters. The summed E-state index contributed by atoms with van der Waals surface area (Å²) in [6, 6.07) is 0.319. The number of ketones is 1. The molecule has 0 aliphatic heterocycles. The van der Waals surface area contributed by atoms with Gasteiger partial charge in [0.05, 0.1) is 0 Å². The van der Waals surface area contributed by atoms with Gasteiger partial charge in [-0.15, -0.1) is 0 Å². The van der Waals surface area contributed by atoms with E-state index in [1.807, 2.05) is 4.68 Å². The van der Waals surface area contributed by atoms with E-state index in [2.05, 4.69) is 23.9 Å². The van der Waals surface area contributed by atoms with Gasteiger partial charge in [0.2, 0.25) is 0 Å². The fourth-order valence-electron chi connectivity index (χ4n) is 2.19. The van der Waals surface area contributed by atoms with E-state index in [1.165, 1.54) is 0 Å². The summed E-state index contributed by atoms with van der Waals surface area (Å²) >= 11 is 0. The average molecular weight is 207 g/mol. The molecule has 2 rings (SSSR count). The number of rotatable bonds is 2. The molecule has 0 saturated heterocycles. The smallest absolute Gasteiger partial charge is 0.138 e. The van der Waals surface area contributed by atoms with Crippen LogP contribution in [0.5, 0.6) is 0 Å². The molecule has 82 valence electrons. The predicted octanol–water partition coefficient (Wildman–Crippen LogP) is 2.09. The molecule has 0 amide bonds. The van der Waals surface area contributed by atoms with E-state index in [9.17, 15) is 4.79 Å². The molecule has 1 aliphatic rings.